The van der Waals surface area contributed by atoms with Crippen molar-refractivity contribution in [3.05, 3.63) is 102 Å². The van der Waals surface area contributed by atoms with Crippen molar-refractivity contribution in [3.8, 4) is 0 Å². The molecule has 1 heterocycles. The lowest BCUT2D eigenvalue weighted by molar-refractivity contribution is 0.155. The second-order valence-corrected chi connectivity index (χ2v) is 9.15. The number of sulfonamides is 1. The highest BCUT2D eigenvalue weighted by Gasteiger charge is 2.33. The van der Waals surface area contributed by atoms with E-state index in [4.69, 9.17) is 0 Å². The van der Waals surface area contributed by atoms with E-state index < -0.39 is 26.6 Å². The van der Waals surface area contributed by atoms with E-state index >= 15 is 0 Å². The van der Waals surface area contributed by atoms with Gasteiger partial charge in [0.25, 0.3) is 0 Å². The van der Waals surface area contributed by atoms with Crippen LogP contribution in [0.5, 0.6) is 0 Å². The number of hydrogen-bond acceptors (Lipinski definition) is 3. The molecule has 3 aromatic rings. The summed E-state index contributed by atoms with van der Waals surface area (Å²) in [6, 6.07) is 22.6. The van der Waals surface area contributed by atoms with Gasteiger partial charge in [-0.2, -0.15) is 4.31 Å². The predicted octanol–water partition coefficient (Wildman–Crippen LogP) is 4.06. The van der Waals surface area contributed by atoms with Crippen LogP contribution in [-0.4, -0.2) is 43.8 Å². The molecule has 1 saturated heterocycles. The molecule has 0 spiro atoms. The number of rotatable bonds is 5. The van der Waals surface area contributed by atoms with E-state index in [0.717, 1.165) is 29.3 Å². The Kier molecular flexibility index (Phi) is 5.94. The normalized spacial score (nSPS) is 16.1. The molecule has 0 N–H and O–H groups in total. The summed E-state index contributed by atoms with van der Waals surface area (Å²) >= 11 is 0. The minimum absolute atomic E-state index is 0.0110. The average molecular weight is 429 g/mol. The molecule has 3 aromatic carbocycles. The van der Waals surface area contributed by atoms with Crippen molar-refractivity contribution in [2.24, 2.45) is 0 Å². The molecule has 0 aromatic heterocycles. The van der Waals surface area contributed by atoms with Crippen LogP contribution in [0.15, 0.2) is 83.8 Å². The van der Waals surface area contributed by atoms with E-state index in [9.17, 15) is 17.2 Å². The van der Waals surface area contributed by atoms with Gasteiger partial charge in [0.05, 0.1) is 6.04 Å². The number of benzene rings is 3. The van der Waals surface area contributed by atoms with Crippen molar-refractivity contribution in [1.29, 1.82) is 0 Å². The number of hydrogen-bond donors (Lipinski definition) is 0. The van der Waals surface area contributed by atoms with Gasteiger partial charge >= 0.3 is 0 Å². The molecule has 156 valence electrons. The maximum atomic E-state index is 14.1. The molecule has 30 heavy (non-hydrogen) atoms. The van der Waals surface area contributed by atoms with E-state index in [0.29, 0.717) is 13.1 Å². The van der Waals surface area contributed by atoms with E-state index in [1.165, 1.54) is 4.31 Å². The Morgan fingerprint density at radius 2 is 1.27 bits per heavy atom. The molecule has 0 unspecified atom stereocenters. The van der Waals surface area contributed by atoms with E-state index in [1.54, 1.807) is 0 Å². The van der Waals surface area contributed by atoms with Gasteiger partial charge in [-0.25, -0.2) is 17.2 Å². The Hall–Kier alpha value is -2.61. The Labute approximate surface area is 175 Å². The summed E-state index contributed by atoms with van der Waals surface area (Å²) in [5.74, 6) is -1.72. The summed E-state index contributed by atoms with van der Waals surface area (Å²) in [6.45, 7) is 1.36. The van der Waals surface area contributed by atoms with Crippen LogP contribution in [0.2, 0.25) is 0 Å². The fraction of sp³-hybridized carbons (Fsp3) is 0.217. The predicted molar refractivity (Wildman–Crippen MR) is 111 cm³/mol. The molecule has 0 aliphatic carbocycles. The van der Waals surface area contributed by atoms with Crippen LogP contribution in [0.1, 0.15) is 17.2 Å². The SMILES string of the molecule is O=S(=O)(c1cc(F)ccc1F)N1CCN(C(c2ccccc2)c2ccccc2)CC1. The average Bonchev–Trinajstić information content (AvgIpc) is 2.77. The summed E-state index contributed by atoms with van der Waals surface area (Å²) in [5, 5.41) is 0. The quantitative estimate of drug-likeness (QED) is 0.615. The van der Waals surface area contributed by atoms with Crippen LogP contribution in [0.4, 0.5) is 8.78 Å². The molecule has 1 aliphatic heterocycles. The van der Waals surface area contributed by atoms with Gasteiger partial charge < -0.3 is 0 Å². The first-order chi connectivity index (χ1) is 14.5. The zero-order valence-corrected chi connectivity index (χ0v) is 17.1. The Balaban J connectivity index is 1.57. The molecule has 4 nitrogen and oxygen atoms in total. The minimum atomic E-state index is -4.10. The summed E-state index contributed by atoms with van der Waals surface area (Å²) in [5.41, 5.74) is 2.24. The topological polar surface area (TPSA) is 40.6 Å². The Morgan fingerprint density at radius 3 is 1.80 bits per heavy atom. The Bertz CT molecular complexity index is 1060. The molecule has 0 bridgehead atoms. The van der Waals surface area contributed by atoms with Gasteiger partial charge in [0.15, 0.2) is 0 Å². The van der Waals surface area contributed by atoms with Gasteiger partial charge in [0, 0.05) is 26.2 Å². The third kappa shape index (κ3) is 4.14. The third-order valence-corrected chi connectivity index (χ3v) is 7.29. The van der Waals surface area contributed by atoms with Crippen LogP contribution >= 0.6 is 0 Å². The summed E-state index contributed by atoms with van der Waals surface area (Å²) in [7, 11) is -4.10. The van der Waals surface area contributed by atoms with Crippen molar-refractivity contribution in [2.75, 3.05) is 26.2 Å². The zero-order chi connectivity index (χ0) is 21.1. The standard InChI is InChI=1S/C23H22F2N2O2S/c24-20-11-12-21(25)22(17-20)30(28,29)27-15-13-26(14-16-27)23(18-7-3-1-4-8-18)19-9-5-2-6-10-19/h1-12,17,23H,13-16H2. The molecule has 1 fully saturated rings. The molecule has 4 rings (SSSR count). The van der Waals surface area contributed by atoms with E-state index in [2.05, 4.69) is 29.2 Å². The van der Waals surface area contributed by atoms with Crippen molar-refractivity contribution in [1.82, 2.24) is 9.21 Å². The fourth-order valence-corrected chi connectivity index (χ4v) is 5.40. The highest BCUT2D eigenvalue weighted by molar-refractivity contribution is 7.89. The van der Waals surface area contributed by atoms with Crippen molar-refractivity contribution < 1.29 is 17.2 Å². The van der Waals surface area contributed by atoms with Crippen LogP contribution < -0.4 is 0 Å². The first-order valence-corrected chi connectivity index (χ1v) is 11.2. The maximum Gasteiger partial charge on any atom is 0.246 e. The zero-order valence-electron chi connectivity index (χ0n) is 16.3. The largest absolute Gasteiger partial charge is 0.290 e. The van der Waals surface area contributed by atoms with Gasteiger partial charge in [-0.1, -0.05) is 60.7 Å². The van der Waals surface area contributed by atoms with Crippen molar-refractivity contribution >= 4 is 10.0 Å². The molecular formula is C23H22F2N2O2S. The molecule has 0 saturated carbocycles. The number of nitrogens with zero attached hydrogens (tertiary/aromatic N) is 2. The third-order valence-electron chi connectivity index (χ3n) is 5.38. The van der Waals surface area contributed by atoms with E-state index in [1.807, 2.05) is 36.4 Å². The first kappa shape index (κ1) is 20.7. The molecule has 0 amide bonds. The van der Waals surface area contributed by atoms with Gasteiger partial charge in [-0.05, 0) is 29.3 Å². The van der Waals surface area contributed by atoms with Crippen LogP contribution in [0.25, 0.3) is 0 Å². The van der Waals surface area contributed by atoms with Gasteiger partial charge in [-0.15, -0.1) is 0 Å². The molecule has 0 radical (unpaired) electrons. The Morgan fingerprint density at radius 1 is 0.733 bits per heavy atom. The first-order valence-electron chi connectivity index (χ1n) is 9.76. The fourth-order valence-electron chi connectivity index (χ4n) is 3.90. The number of piperazine rings is 1. The summed E-state index contributed by atoms with van der Waals surface area (Å²) in [6.07, 6.45) is 0. The molecule has 7 heteroatoms. The lowest BCUT2D eigenvalue weighted by Crippen LogP contribution is -2.49. The van der Waals surface area contributed by atoms with Gasteiger partial charge in [0.1, 0.15) is 16.5 Å². The smallest absolute Gasteiger partial charge is 0.246 e. The minimum Gasteiger partial charge on any atom is -0.290 e. The second kappa shape index (κ2) is 8.63. The van der Waals surface area contributed by atoms with E-state index in [-0.39, 0.29) is 19.1 Å². The monoisotopic (exact) mass is 428 g/mol. The highest BCUT2D eigenvalue weighted by atomic mass is 32.2. The summed E-state index contributed by atoms with van der Waals surface area (Å²) in [4.78, 5) is 1.61. The van der Waals surface area contributed by atoms with Crippen LogP contribution in [-0.2, 0) is 10.0 Å². The van der Waals surface area contributed by atoms with Crippen molar-refractivity contribution in [2.45, 2.75) is 10.9 Å². The highest BCUT2D eigenvalue weighted by Crippen LogP contribution is 2.30. The number of halogens is 2. The van der Waals surface area contributed by atoms with Gasteiger partial charge in [0.2, 0.25) is 10.0 Å². The van der Waals surface area contributed by atoms with Crippen LogP contribution in [0, 0.1) is 11.6 Å². The van der Waals surface area contributed by atoms with Crippen molar-refractivity contribution in [3.63, 3.8) is 0 Å². The molecule has 1 aliphatic rings. The van der Waals surface area contributed by atoms with Crippen LogP contribution in [0.3, 0.4) is 0 Å². The maximum absolute atomic E-state index is 14.1. The second-order valence-electron chi connectivity index (χ2n) is 7.24. The molecular weight excluding hydrogens is 406 g/mol. The lowest BCUT2D eigenvalue weighted by atomic mass is 9.96. The lowest BCUT2D eigenvalue weighted by Gasteiger charge is -2.39. The molecule has 0 atom stereocenters. The summed E-state index contributed by atoms with van der Waals surface area (Å²) < 4.78 is 54.6. The van der Waals surface area contributed by atoms with Gasteiger partial charge in [-0.3, -0.25) is 4.90 Å².